The second kappa shape index (κ2) is 7.46. The molecule has 0 aliphatic carbocycles. The van der Waals surface area contributed by atoms with E-state index in [0.29, 0.717) is 19.5 Å². The van der Waals surface area contributed by atoms with Gasteiger partial charge in [0, 0.05) is 31.3 Å². The summed E-state index contributed by atoms with van der Waals surface area (Å²) in [6.45, 7) is 4.75. The summed E-state index contributed by atoms with van der Waals surface area (Å²) < 4.78 is 5.24. The van der Waals surface area contributed by atoms with E-state index in [1.807, 2.05) is 32.0 Å². The number of aromatic nitrogens is 2. The number of nitrogens with one attached hydrogen (secondary N) is 1. The highest BCUT2D eigenvalue weighted by Crippen LogP contribution is 2.18. The van der Waals surface area contributed by atoms with Gasteiger partial charge < -0.3 is 14.7 Å². The predicted molar refractivity (Wildman–Crippen MR) is 90.7 cm³/mol. The Hall–Kier alpha value is -2.70. The fraction of sp³-hybridized carbons (Fsp3) is 0.444. The van der Waals surface area contributed by atoms with Crippen molar-refractivity contribution in [1.29, 1.82) is 0 Å². The number of carbonyl (C=O) groups excluding carboxylic acids is 2. The molecule has 3 rings (SSSR count). The lowest BCUT2D eigenvalue weighted by Crippen LogP contribution is -2.41. The van der Waals surface area contributed by atoms with Crippen LogP contribution in [0.5, 0.6) is 0 Å². The highest BCUT2D eigenvalue weighted by Gasteiger charge is 2.28. The fourth-order valence-electron chi connectivity index (χ4n) is 2.80. The number of rotatable bonds is 6. The van der Waals surface area contributed by atoms with E-state index in [0.717, 1.165) is 17.8 Å². The van der Waals surface area contributed by atoms with Crippen LogP contribution in [0.25, 0.3) is 0 Å². The first-order chi connectivity index (χ1) is 12.0. The highest BCUT2D eigenvalue weighted by atomic mass is 16.5. The van der Waals surface area contributed by atoms with Crippen molar-refractivity contribution < 1.29 is 14.1 Å². The molecule has 0 radical (unpaired) electrons. The molecular weight excluding hydrogens is 320 g/mol. The van der Waals surface area contributed by atoms with Gasteiger partial charge in [-0.3, -0.25) is 14.6 Å². The van der Waals surface area contributed by atoms with Crippen molar-refractivity contribution in [3.63, 3.8) is 0 Å². The lowest BCUT2D eigenvalue weighted by atomic mass is 10.1. The van der Waals surface area contributed by atoms with Gasteiger partial charge in [0.05, 0.1) is 17.9 Å². The van der Waals surface area contributed by atoms with E-state index in [1.165, 1.54) is 0 Å². The van der Waals surface area contributed by atoms with E-state index >= 15 is 0 Å². The molecule has 7 nitrogen and oxygen atoms in total. The van der Waals surface area contributed by atoms with Crippen LogP contribution in [0.1, 0.15) is 54.5 Å². The third-order valence-corrected chi connectivity index (χ3v) is 4.22. The van der Waals surface area contributed by atoms with Gasteiger partial charge in [-0.2, -0.15) is 0 Å². The average Bonchev–Trinajstić information content (AvgIpc) is 3.24. The van der Waals surface area contributed by atoms with Crippen LogP contribution in [-0.4, -0.2) is 39.4 Å². The van der Waals surface area contributed by atoms with Gasteiger partial charge in [-0.15, -0.1) is 0 Å². The molecule has 1 aliphatic rings. The van der Waals surface area contributed by atoms with Crippen molar-refractivity contribution in [2.75, 3.05) is 6.54 Å². The van der Waals surface area contributed by atoms with Gasteiger partial charge in [0.15, 0.2) is 0 Å². The number of carbonyl (C=O) groups is 2. The Morgan fingerprint density at radius 3 is 2.88 bits per heavy atom. The number of pyridine rings is 1. The largest absolute Gasteiger partial charge is 0.352 e. The van der Waals surface area contributed by atoms with Crippen LogP contribution >= 0.6 is 0 Å². The summed E-state index contributed by atoms with van der Waals surface area (Å²) >= 11 is 0. The first-order valence-electron chi connectivity index (χ1n) is 8.48. The third-order valence-electron chi connectivity index (χ3n) is 4.22. The maximum absolute atomic E-state index is 12.9. The zero-order valence-corrected chi connectivity index (χ0v) is 14.4. The van der Waals surface area contributed by atoms with Crippen LogP contribution < -0.4 is 5.32 Å². The smallest absolute Gasteiger partial charge is 0.292 e. The van der Waals surface area contributed by atoms with Crippen molar-refractivity contribution in [2.45, 2.75) is 45.2 Å². The van der Waals surface area contributed by atoms with E-state index in [1.54, 1.807) is 17.2 Å². The number of hydrogen-bond acceptors (Lipinski definition) is 5. The Kier molecular flexibility index (Phi) is 5.11. The molecule has 132 valence electrons. The topological polar surface area (TPSA) is 88.3 Å². The number of hydrogen-bond donors (Lipinski definition) is 1. The molecule has 0 saturated carbocycles. The van der Waals surface area contributed by atoms with Crippen LogP contribution in [0.15, 0.2) is 35.0 Å². The zero-order chi connectivity index (χ0) is 17.8. The predicted octanol–water partition coefficient (Wildman–Crippen LogP) is 2.11. The molecular formula is C18H22N4O3. The minimum absolute atomic E-state index is 0.0250. The quantitative estimate of drug-likeness (QED) is 0.868. The lowest BCUT2D eigenvalue weighted by molar-refractivity contribution is -0.119. The van der Waals surface area contributed by atoms with Crippen molar-refractivity contribution in [1.82, 2.24) is 20.4 Å². The lowest BCUT2D eigenvalue weighted by Gasteiger charge is -2.24. The summed E-state index contributed by atoms with van der Waals surface area (Å²) in [6, 6.07) is 7.22. The summed E-state index contributed by atoms with van der Waals surface area (Å²) in [4.78, 5) is 30.3. The van der Waals surface area contributed by atoms with Crippen LogP contribution in [0.4, 0.5) is 0 Å². The molecule has 1 N–H and O–H groups in total. The van der Waals surface area contributed by atoms with E-state index < -0.39 is 0 Å². The summed E-state index contributed by atoms with van der Waals surface area (Å²) in [5, 5.41) is 6.86. The van der Waals surface area contributed by atoms with Crippen LogP contribution in [-0.2, 0) is 11.3 Å². The van der Waals surface area contributed by atoms with E-state index in [4.69, 9.17) is 4.52 Å². The minimum Gasteiger partial charge on any atom is -0.352 e. The second-order valence-corrected chi connectivity index (χ2v) is 6.58. The van der Waals surface area contributed by atoms with Gasteiger partial charge in [-0.05, 0) is 24.5 Å². The molecule has 1 fully saturated rings. The molecule has 7 heteroatoms. The van der Waals surface area contributed by atoms with Gasteiger partial charge in [-0.1, -0.05) is 25.1 Å². The number of nitrogens with zero attached hydrogens (tertiary/aromatic N) is 3. The molecule has 2 amide bonds. The van der Waals surface area contributed by atoms with Crippen LogP contribution in [0.2, 0.25) is 0 Å². The molecule has 0 bridgehead atoms. The van der Waals surface area contributed by atoms with Crippen molar-refractivity contribution in [3.8, 4) is 0 Å². The van der Waals surface area contributed by atoms with E-state index in [2.05, 4.69) is 15.5 Å². The third kappa shape index (κ3) is 4.23. The van der Waals surface area contributed by atoms with Gasteiger partial charge in [0.2, 0.25) is 11.7 Å². The maximum Gasteiger partial charge on any atom is 0.292 e. The Balaban J connectivity index is 1.78. The maximum atomic E-state index is 12.9. The fourth-order valence-corrected chi connectivity index (χ4v) is 2.80. The monoisotopic (exact) mass is 342 g/mol. The second-order valence-electron chi connectivity index (χ2n) is 6.58. The molecule has 1 unspecified atom stereocenters. The summed E-state index contributed by atoms with van der Waals surface area (Å²) in [7, 11) is 0. The van der Waals surface area contributed by atoms with Crippen molar-refractivity contribution in [2.24, 2.45) is 0 Å². The van der Waals surface area contributed by atoms with Gasteiger partial charge in [-0.25, -0.2) is 0 Å². The van der Waals surface area contributed by atoms with Gasteiger partial charge in [0.25, 0.3) is 5.91 Å². The highest BCUT2D eigenvalue weighted by molar-refractivity contribution is 5.91. The zero-order valence-electron chi connectivity index (χ0n) is 14.4. The van der Waals surface area contributed by atoms with Gasteiger partial charge >= 0.3 is 0 Å². The molecule has 1 aliphatic heterocycles. The molecule has 1 atom stereocenters. The van der Waals surface area contributed by atoms with Crippen LogP contribution in [0, 0.1) is 0 Å². The molecule has 0 aromatic carbocycles. The van der Waals surface area contributed by atoms with E-state index in [9.17, 15) is 9.59 Å². The average molecular weight is 342 g/mol. The number of amides is 2. The molecule has 1 saturated heterocycles. The SMILES string of the molecule is CC(C)c1cc(C(=O)N(Cc2ccccn2)CC2CCC(=O)N2)on1. The summed E-state index contributed by atoms with van der Waals surface area (Å²) in [5.74, 6) is 0.177. The Bertz CT molecular complexity index is 742. The van der Waals surface area contributed by atoms with Gasteiger partial charge in [0.1, 0.15) is 0 Å². The normalized spacial score (nSPS) is 16.9. The van der Waals surface area contributed by atoms with E-state index in [-0.39, 0.29) is 29.5 Å². The Morgan fingerprint density at radius 2 is 2.28 bits per heavy atom. The molecule has 2 aromatic heterocycles. The van der Waals surface area contributed by atoms with Crippen molar-refractivity contribution in [3.05, 3.63) is 47.6 Å². The minimum atomic E-state index is -0.244. The van der Waals surface area contributed by atoms with Crippen LogP contribution in [0.3, 0.4) is 0 Å². The molecule has 25 heavy (non-hydrogen) atoms. The molecule has 3 heterocycles. The standard InChI is InChI=1S/C18H22N4O3/c1-12(2)15-9-16(25-21-15)18(24)22(10-13-5-3-4-8-19-13)11-14-6-7-17(23)20-14/h3-5,8-9,12,14H,6-7,10-11H2,1-2H3,(H,20,23). The first-order valence-corrected chi connectivity index (χ1v) is 8.48. The first kappa shape index (κ1) is 17.1. The summed E-state index contributed by atoms with van der Waals surface area (Å²) in [6.07, 6.45) is 2.91. The Labute approximate surface area is 146 Å². The molecule has 0 spiro atoms. The Morgan fingerprint density at radius 1 is 1.44 bits per heavy atom. The molecule has 2 aromatic rings. The van der Waals surface area contributed by atoms with Crippen molar-refractivity contribution >= 4 is 11.8 Å². The summed E-state index contributed by atoms with van der Waals surface area (Å²) in [5.41, 5.74) is 1.53.